The predicted octanol–water partition coefficient (Wildman–Crippen LogP) is 2.58. The monoisotopic (exact) mass is 203 g/mol. The van der Waals surface area contributed by atoms with Crippen LogP contribution in [0.1, 0.15) is 10.4 Å². The third kappa shape index (κ3) is 1.90. The number of esters is 1. The van der Waals surface area contributed by atoms with Crippen molar-refractivity contribution < 1.29 is 9.53 Å². The van der Waals surface area contributed by atoms with Gasteiger partial charge < -0.3 is 4.74 Å². The van der Waals surface area contributed by atoms with Gasteiger partial charge in [-0.2, -0.15) is 0 Å². The Bertz CT molecular complexity index is 310. The van der Waals surface area contributed by atoms with Gasteiger partial charge in [0.2, 0.25) is 0 Å². The second-order valence-corrected chi connectivity index (χ2v) is 2.81. The molecular weight excluding hydrogens is 199 g/mol. The van der Waals surface area contributed by atoms with E-state index < -0.39 is 5.97 Å². The van der Waals surface area contributed by atoms with Gasteiger partial charge in [0.05, 0.1) is 22.7 Å². The zero-order valence-electron chi connectivity index (χ0n) is 6.23. The number of methoxy groups -OCH3 is 1. The fourth-order valence-electron chi connectivity index (χ4n) is 0.711. The quantitative estimate of drug-likeness (QED) is 0.657. The number of carbonyl (C=O) groups is 1. The fourth-order valence-corrected chi connectivity index (χ4v) is 1.16. The summed E-state index contributed by atoms with van der Waals surface area (Å²) in [6.45, 7) is 0. The lowest BCUT2D eigenvalue weighted by atomic mass is 10.2. The standard InChI is InChI=1S/C8H5Cl2O2/c1-12-8(11)6-3-2-5(9)4-7(6)10/h2-3H,1H3. The minimum atomic E-state index is -0.493. The molecule has 0 fully saturated rings. The molecule has 2 nitrogen and oxygen atoms in total. The molecular formula is C8H5Cl2O2. The molecule has 0 heterocycles. The number of benzene rings is 1. The van der Waals surface area contributed by atoms with E-state index in [0.717, 1.165) is 0 Å². The molecule has 0 amide bonds. The van der Waals surface area contributed by atoms with Gasteiger partial charge in [0.1, 0.15) is 0 Å². The molecule has 0 aliphatic heterocycles. The maximum atomic E-state index is 11.0. The molecule has 4 heteroatoms. The molecule has 1 radical (unpaired) electrons. The summed E-state index contributed by atoms with van der Waals surface area (Å²) in [6.07, 6.45) is 0. The second-order valence-electron chi connectivity index (χ2n) is 2.03. The van der Waals surface area contributed by atoms with Crippen LogP contribution in [0.5, 0.6) is 0 Å². The van der Waals surface area contributed by atoms with Crippen molar-refractivity contribution in [3.05, 3.63) is 33.8 Å². The molecule has 63 valence electrons. The van der Waals surface area contributed by atoms with E-state index in [9.17, 15) is 4.79 Å². The number of hydrogen-bond acceptors (Lipinski definition) is 2. The van der Waals surface area contributed by atoms with Crippen LogP contribution in [-0.4, -0.2) is 13.1 Å². The van der Waals surface area contributed by atoms with Crippen LogP contribution in [0.25, 0.3) is 0 Å². The zero-order valence-corrected chi connectivity index (χ0v) is 7.74. The molecule has 0 aliphatic carbocycles. The van der Waals surface area contributed by atoms with Crippen LogP contribution in [0.15, 0.2) is 12.1 Å². The van der Waals surface area contributed by atoms with Gasteiger partial charge in [-0.05, 0) is 12.1 Å². The lowest BCUT2D eigenvalue weighted by molar-refractivity contribution is 0.0601. The Morgan fingerprint density at radius 3 is 2.67 bits per heavy atom. The topological polar surface area (TPSA) is 26.3 Å². The molecule has 0 aliphatic rings. The molecule has 12 heavy (non-hydrogen) atoms. The lowest BCUT2D eigenvalue weighted by Gasteiger charge is -2.00. The summed E-state index contributed by atoms with van der Waals surface area (Å²) in [6, 6.07) is 5.60. The first-order valence-corrected chi connectivity index (χ1v) is 3.86. The van der Waals surface area contributed by atoms with Crippen LogP contribution in [0.3, 0.4) is 0 Å². The average Bonchev–Trinajstić information content (AvgIpc) is 2.03. The molecule has 0 saturated heterocycles. The van der Waals surface area contributed by atoms with E-state index >= 15 is 0 Å². The van der Waals surface area contributed by atoms with Crippen LogP contribution in [0.2, 0.25) is 10.0 Å². The number of carbonyl (C=O) groups excluding carboxylic acids is 1. The van der Waals surface area contributed by atoms with Gasteiger partial charge in [-0.15, -0.1) is 0 Å². The first kappa shape index (κ1) is 9.36. The molecule has 1 aromatic carbocycles. The summed E-state index contributed by atoms with van der Waals surface area (Å²) in [5.74, 6) is -0.493. The van der Waals surface area contributed by atoms with Crippen molar-refractivity contribution in [3.63, 3.8) is 0 Å². The Morgan fingerprint density at radius 1 is 1.50 bits per heavy atom. The number of hydrogen-bond donors (Lipinski definition) is 0. The first-order valence-electron chi connectivity index (χ1n) is 3.11. The summed E-state index contributed by atoms with van der Waals surface area (Å²) in [5.41, 5.74) is 0.267. The molecule has 0 bridgehead atoms. The smallest absolute Gasteiger partial charge is 0.339 e. The highest BCUT2D eigenvalue weighted by Gasteiger charge is 2.10. The van der Waals surface area contributed by atoms with Crippen molar-refractivity contribution in [1.82, 2.24) is 0 Å². The maximum absolute atomic E-state index is 11.0. The largest absolute Gasteiger partial charge is 0.465 e. The molecule has 0 saturated carbocycles. The lowest BCUT2D eigenvalue weighted by Crippen LogP contribution is -2.01. The van der Waals surface area contributed by atoms with Gasteiger partial charge in [-0.1, -0.05) is 23.2 Å². The van der Waals surface area contributed by atoms with E-state index in [1.165, 1.54) is 19.2 Å². The predicted molar refractivity (Wildman–Crippen MR) is 46.6 cm³/mol. The number of ether oxygens (including phenoxy) is 1. The molecule has 0 aromatic heterocycles. The summed E-state index contributed by atoms with van der Waals surface area (Å²) in [7, 11) is 1.28. The number of rotatable bonds is 1. The fraction of sp³-hybridized carbons (Fsp3) is 0.125. The van der Waals surface area contributed by atoms with Crippen LogP contribution < -0.4 is 0 Å². The third-order valence-electron chi connectivity index (χ3n) is 1.27. The summed E-state index contributed by atoms with van der Waals surface area (Å²) < 4.78 is 4.47. The van der Waals surface area contributed by atoms with Crippen molar-refractivity contribution in [3.8, 4) is 0 Å². The Hall–Kier alpha value is -0.730. The average molecular weight is 204 g/mol. The minimum absolute atomic E-state index is 0.175. The van der Waals surface area contributed by atoms with Crippen molar-refractivity contribution >= 4 is 29.2 Å². The highest BCUT2D eigenvalue weighted by Crippen LogP contribution is 2.20. The summed E-state index contributed by atoms with van der Waals surface area (Å²) >= 11 is 11.2. The van der Waals surface area contributed by atoms with Gasteiger partial charge in [-0.25, -0.2) is 4.79 Å². The van der Waals surface area contributed by atoms with Crippen molar-refractivity contribution in [2.75, 3.05) is 7.11 Å². The van der Waals surface area contributed by atoms with Crippen LogP contribution in [0.4, 0.5) is 0 Å². The van der Waals surface area contributed by atoms with Gasteiger partial charge in [0.15, 0.2) is 0 Å². The molecule has 0 spiro atoms. The van der Waals surface area contributed by atoms with E-state index in [4.69, 9.17) is 23.2 Å². The molecule has 1 aromatic rings. The molecule has 0 unspecified atom stereocenters. The minimum Gasteiger partial charge on any atom is -0.465 e. The van der Waals surface area contributed by atoms with E-state index in [2.05, 4.69) is 10.8 Å². The highest BCUT2D eigenvalue weighted by atomic mass is 35.5. The van der Waals surface area contributed by atoms with Crippen LogP contribution in [0, 0.1) is 6.07 Å². The highest BCUT2D eigenvalue weighted by molar-refractivity contribution is 6.36. The van der Waals surface area contributed by atoms with Crippen LogP contribution >= 0.6 is 23.2 Å². The SMILES string of the molecule is COC(=O)c1ccc(Cl)[c]c1Cl. The molecule has 1 rings (SSSR count). The maximum Gasteiger partial charge on any atom is 0.339 e. The second kappa shape index (κ2) is 3.78. The summed E-state index contributed by atoms with van der Waals surface area (Å²) in [5, 5.41) is 0.544. The Balaban J connectivity index is 3.09. The van der Waals surface area contributed by atoms with E-state index in [1.54, 1.807) is 0 Å². The van der Waals surface area contributed by atoms with Gasteiger partial charge >= 0.3 is 5.97 Å². The summed E-state index contributed by atoms with van der Waals surface area (Å²) in [4.78, 5) is 11.0. The van der Waals surface area contributed by atoms with Crippen molar-refractivity contribution in [2.24, 2.45) is 0 Å². The van der Waals surface area contributed by atoms with Crippen molar-refractivity contribution in [1.29, 1.82) is 0 Å². The molecule has 0 atom stereocenters. The van der Waals surface area contributed by atoms with Gasteiger partial charge in [0, 0.05) is 6.07 Å². The van der Waals surface area contributed by atoms with E-state index in [-0.39, 0.29) is 10.6 Å². The van der Waals surface area contributed by atoms with Crippen LogP contribution in [-0.2, 0) is 4.74 Å². The third-order valence-corrected chi connectivity index (χ3v) is 1.79. The van der Waals surface area contributed by atoms with Gasteiger partial charge in [-0.3, -0.25) is 0 Å². The van der Waals surface area contributed by atoms with E-state index in [0.29, 0.717) is 5.02 Å². The zero-order chi connectivity index (χ0) is 9.14. The number of halogens is 2. The van der Waals surface area contributed by atoms with Gasteiger partial charge in [0.25, 0.3) is 0 Å². The van der Waals surface area contributed by atoms with Crippen molar-refractivity contribution in [2.45, 2.75) is 0 Å². The first-order chi connectivity index (χ1) is 5.65. The Labute approximate surface area is 80.0 Å². The normalized spacial score (nSPS) is 9.58. The Kier molecular flexibility index (Phi) is 2.95. The Morgan fingerprint density at radius 2 is 2.17 bits per heavy atom. The molecule has 0 N–H and O–H groups in total. The van der Waals surface area contributed by atoms with E-state index in [1.807, 2.05) is 0 Å².